The molecule has 118 valence electrons. The quantitative estimate of drug-likeness (QED) is 0.669. The van der Waals surface area contributed by atoms with Crippen molar-refractivity contribution in [3.05, 3.63) is 12.4 Å². The molecule has 2 aliphatic carbocycles. The Morgan fingerprint density at radius 1 is 1.41 bits per heavy atom. The fourth-order valence-corrected chi connectivity index (χ4v) is 3.90. The number of carbonyl (C=O) groups is 1. The highest BCUT2D eigenvalue weighted by Gasteiger charge is 2.32. The number of rotatable bonds is 5. The number of carbonyl (C=O) groups excluding carboxylic acids is 1. The number of nitrogens with zero attached hydrogens (tertiary/aromatic N) is 3. The number of aromatic nitrogens is 2. The van der Waals surface area contributed by atoms with Crippen molar-refractivity contribution in [2.75, 3.05) is 5.75 Å². The van der Waals surface area contributed by atoms with Gasteiger partial charge >= 0.3 is 0 Å². The van der Waals surface area contributed by atoms with Crippen molar-refractivity contribution in [2.24, 2.45) is 0 Å². The summed E-state index contributed by atoms with van der Waals surface area (Å²) in [7, 11) is 0. The second kappa shape index (κ2) is 6.74. The second-order valence-electron chi connectivity index (χ2n) is 6.29. The van der Waals surface area contributed by atoms with Gasteiger partial charge in [-0.25, -0.2) is 4.98 Å². The maximum Gasteiger partial charge on any atom is 0.231 e. The largest absolute Gasteiger partial charge is 0.337 e. The van der Waals surface area contributed by atoms with Gasteiger partial charge in [-0.05, 0) is 25.7 Å². The standard InChI is InChI=1S/C16H22N4OS/c17-12-16(7-3-1-2-4-8-16)19-14(21)11-22-15-18-9-10-20(15)13-5-6-13/h9-10,13H,1-8,11H2,(H,19,21). The van der Waals surface area contributed by atoms with Crippen molar-refractivity contribution in [2.45, 2.75) is 68.1 Å². The van der Waals surface area contributed by atoms with E-state index in [2.05, 4.69) is 20.9 Å². The Hall–Kier alpha value is -1.48. The molecule has 0 unspecified atom stereocenters. The molecule has 0 bridgehead atoms. The van der Waals surface area contributed by atoms with Gasteiger partial charge in [0.25, 0.3) is 0 Å². The highest BCUT2D eigenvalue weighted by Crippen LogP contribution is 2.37. The zero-order valence-corrected chi connectivity index (χ0v) is 13.6. The van der Waals surface area contributed by atoms with Gasteiger partial charge in [0.1, 0.15) is 5.54 Å². The molecule has 3 rings (SSSR count). The second-order valence-corrected chi connectivity index (χ2v) is 7.24. The highest BCUT2D eigenvalue weighted by atomic mass is 32.2. The maximum absolute atomic E-state index is 12.3. The predicted molar refractivity (Wildman–Crippen MR) is 85.4 cm³/mol. The van der Waals surface area contributed by atoms with Crippen LogP contribution in [0.2, 0.25) is 0 Å². The summed E-state index contributed by atoms with van der Waals surface area (Å²) in [5, 5.41) is 13.4. The van der Waals surface area contributed by atoms with Gasteiger partial charge in [-0.2, -0.15) is 5.26 Å². The highest BCUT2D eigenvalue weighted by molar-refractivity contribution is 7.99. The van der Waals surface area contributed by atoms with Crippen LogP contribution in [-0.4, -0.2) is 26.8 Å². The van der Waals surface area contributed by atoms with Crippen LogP contribution >= 0.6 is 11.8 Å². The van der Waals surface area contributed by atoms with Gasteiger partial charge in [0.2, 0.25) is 5.91 Å². The molecular formula is C16H22N4OS. The van der Waals surface area contributed by atoms with Crippen molar-refractivity contribution < 1.29 is 4.79 Å². The summed E-state index contributed by atoms with van der Waals surface area (Å²) in [6.07, 6.45) is 12.1. The SMILES string of the molecule is N#CC1(NC(=O)CSc2nccn2C2CC2)CCCCCC1. The molecule has 0 radical (unpaired) electrons. The Morgan fingerprint density at radius 2 is 2.14 bits per heavy atom. The van der Waals surface area contributed by atoms with E-state index in [-0.39, 0.29) is 5.91 Å². The molecule has 1 aromatic heterocycles. The molecule has 5 nitrogen and oxygen atoms in total. The first-order valence-electron chi connectivity index (χ1n) is 8.10. The van der Waals surface area contributed by atoms with Gasteiger partial charge < -0.3 is 9.88 Å². The molecule has 1 N–H and O–H groups in total. The lowest BCUT2D eigenvalue weighted by Gasteiger charge is -2.26. The third-order valence-corrected chi connectivity index (χ3v) is 5.44. The topological polar surface area (TPSA) is 70.7 Å². The number of hydrogen-bond acceptors (Lipinski definition) is 4. The summed E-state index contributed by atoms with van der Waals surface area (Å²) in [5.41, 5.74) is -0.653. The van der Waals surface area contributed by atoms with Crippen molar-refractivity contribution in [1.29, 1.82) is 5.26 Å². The van der Waals surface area contributed by atoms with Crippen LogP contribution < -0.4 is 5.32 Å². The van der Waals surface area contributed by atoms with E-state index in [9.17, 15) is 10.1 Å². The summed E-state index contributed by atoms with van der Waals surface area (Å²) in [5.74, 6) is 0.270. The molecule has 0 saturated heterocycles. The van der Waals surface area contributed by atoms with Gasteiger partial charge in [-0.3, -0.25) is 4.79 Å². The summed E-state index contributed by atoms with van der Waals surface area (Å²) < 4.78 is 2.16. The lowest BCUT2D eigenvalue weighted by atomic mass is 9.92. The Labute approximate surface area is 135 Å². The van der Waals surface area contributed by atoms with E-state index in [1.54, 1.807) is 6.20 Å². The smallest absolute Gasteiger partial charge is 0.231 e. The Bertz CT molecular complexity index is 565. The van der Waals surface area contributed by atoms with Crippen molar-refractivity contribution in [1.82, 2.24) is 14.9 Å². The van der Waals surface area contributed by atoms with Crippen LogP contribution in [0.15, 0.2) is 17.6 Å². The first-order valence-corrected chi connectivity index (χ1v) is 9.09. The molecule has 0 atom stereocenters. The molecule has 6 heteroatoms. The molecule has 1 amide bonds. The third-order valence-electron chi connectivity index (χ3n) is 4.46. The lowest BCUT2D eigenvalue weighted by Crippen LogP contribution is -2.47. The number of nitriles is 1. The van der Waals surface area contributed by atoms with Crippen molar-refractivity contribution in [3.63, 3.8) is 0 Å². The number of imidazole rings is 1. The minimum atomic E-state index is -0.653. The summed E-state index contributed by atoms with van der Waals surface area (Å²) >= 11 is 1.46. The van der Waals surface area contributed by atoms with Crippen LogP contribution in [0.4, 0.5) is 0 Å². The molecular weight excluding hydrogens is 296 g/mol. The summed E-state index contributed by atoms with van der Waals surface area (Å²) in [4.78, 5) is 16.6. The van der Waals surface area contributed by atoms with Crippen molar-refractivity contribution in [3.8, 4) is 6.07 Å². The van der Waals surface area contributed by atoms with E-state index < -0.39 is 5.54 Å². The van der Waals surface area contributed by atoms with Gasteiger partial charge in [0.15, 0.2) is 5.16 Å². The Kier molecular flexibility index (Phi) is 4.72. The van der Waals surface area contributed by atoms with Crippen LogP contribution in [0.5, 0.6) is 0 Å². The van der Waals surface area contributed by atoms with E-state index in [1.807, 2.05) is 6.20 Å². The Balaban J connectivity index is 1.55. The molecule has 0 aromatic carbocycles. The average molecular weight is 318 g/mol. The fourth-order valence-electron chi connectivity index (χ4n) is 3.07. The lowest BCUT2D eigenvalue weighted by molar-refractivity contribution is -0.120. The number of nitrogens with one attached hydrogen (secondary N) is 1. The van der Waals surface area contributed by atoms with E-state index in [1.165, 1.54) is 24.6 Å². The zero-order chi connectivity index (χ0) is 15.4. The van der Waals surface area contributed by atoms with Crippen LogP contribution in [-0.2, 0) is 4.79 Å². The Morgan fingerprint density at radius 3 is 2.77 bits per heavy atom. The summed E-state index contributed by atoms with van der Waals surface area (Å²) in [6, 6.07) is 2.93. The van der Waals surface area contributed by atoms with E-state index >= 15 is 0 Å². The minimum Gasteiger partial charge on any atom is -0.337 e. The average Bonchev–Trinajstić information content (AvgIpc) is 3.30. The number of amides is 1. The molecule has 22 heavy (non-hydrogen) atoms. The predicted octanol–water partition coefficient (Wildman–Crippen LogP) is 3.04. The third kappa shape index (κ3) is 3.64. The molecule has 2 saturated carbocycles. The van der Waals surface area contributed by atoms with E-state index in [4.69, 9.17) is 0 Å². The first-order chi connectivity index (χ1) is 10.7. The normalized spacial score (nSPS) is 20.9. The van der Waals surface area contributed by atoms with Crippen LogP contribution in [0.1, 0.15) is 57.4 Å². The van der Waals surface area contributed by atoms with E-state index in [0.717, 1.165) is 43.7 Å². The fraction of sp³-hybridized carbons (Fsp3) is 0.688. The molecule has 0 spiro atoms. The summed E-state index contributed by atoms with van der Waals surface area (Å²) in [6.45, 7) is 0. The zero-order valence-electron chi connectivity index (χ0n) is 12.8. The number of hydrogen-bond donors (Lipinski definition) is 1. The van der Waals surface area contributed by atoms with Crippen LogP contribution in [0.25, 0.3) is 0 Å². The van der Waals surface area contributed by atoms with Gasteiger partial charge in [0.05, 0.1) is 11.8 Å². The molecule has 2 aliphatic rings. The molecule has 1 heterocycles. The van der Waals surface area contributed by atoms with Gasteiger partial charge in [-0.1, -0.05) is 37.4 Å². The van der Waals surface area contributed by atoms with Gasteiger partial charge in [0, 0.05) is 18.4 Å². The van der Waals surface area contributed by atoms with Crippen molar-refractivity contribution >= 4 is 17.7 Å². The minimum absolute atomic E-state index is 0.0567. The number of thioether (sulfide) groups is 1. The van der Waals surface area contributed by atoms with Crippen LogP contribution in [0, 0.1) is 11.3 Å². The van der Waals surface area contributed by atoms with Crippen LogP contribution in [0.3, 0.4) is 0 Å². The van der Waals surface area contributed by atoms with Gasteiger partial charge in [-0.15, -0.1) is 0 Å². The van der Waals surface area contributed by atoms with E-state index in [0.29, 0.717) is 11.8 Å². The first kappa shape index (κ1) is 15.4. The molecule has 1 aromatic rings. The maximum atomic E-state index is 12.3. The monoisotopic (exact) mass is 318 g/mol. The molecule has 0 aliphatic heterocycles. The molecule has 2 fully saturated rings.